The van der Waals surface area contributed by atoms with Crippen LogP contribution < -0.4 is 15.0 Å². The number of aromatic nitrogens is 2. The number of hydrogen-bond donors (Lipinski definition) is 0. The van der Waals surface area contributed by atoms with Crippen molar-refractivity contribution in [3.8, 4) is 11.5 Å². The van der Waals surface area contributed by atoms with Crippen molar-refractivity contribution >= 4 is 28.9 Å². The molecule has 138 valence electrons. The molecule has 0 fully saturated rings. The number of halogens is 1. The molecule has 0 amide bonds. The van der Waals surface area contributed by atoms with Crippen LogP contribution in [0.2, 0.25) is 5.02 Å². The first kappa shape index (κ1) is 17.6. The maximum atomic E-state index is 12.8. The molecule has 27 heavy (non-hydrogen) atoms. The van der Waals surface area contributed by atoms with Crippen molar-refractivity contribution in [2.45, 2.75) is 19.8 Å². The average Bonchev–Trinajstić information content (AvgIpc) is 3.06. The van der Waals surface area contributed by atoms with Crippen molar-refractivity contribution in [2.75, 3.05) is 13.7 Å². The zero-order valence-electron chi connectivity index (χ0n) is 15.2. The number of methoxy groups -OCH3 is 1. The quantitative estimate of drug-likeness (QED) is 0.677. The highest BCUT2D eigenvalue weighted by Gasteiger charge is 2.23. The van der Waals surface area contributed by atoms with Crippen molar-refractivity contribution in [1.82, 2.24) is 9.38 Å². The summed E-state index contributed by atoms with van der Waals surface area (Å²) in [5.74, 6) is 1.39. The molecule has 1 aromatic carbocycles. The van der Waals surface area contributed by atoms with E-state index in [1.165, 1.54) is 4.40 Å². The van der Waals surface area contributed by atoms with Gasteiger partial charge in [-0.2, -0.15) is 0 Å². The summed E-state index contributed by atoms with van der Waals surface area (Å²) in [5.41, 5.74) is 3.94. The number of pyridine rings is 1. The summed E-state index contributed by atoms with van der Waals surface area (Å²) in [6, 6.07) is 9.29. The lowest BCUT2D eigenvalue weighted by Gasteiger charge is -2.12. The second-order valence-corrected chi connectivity index (χ2v) is 6.74. The van der Waals surface area contributed by atoms with E-state index in [0.29, 0.717) is 35.2 Å². The highest BCUT2D eigenvalue weighted by Crippen LogP contribution is 2.36. The van der Waals surface area contributed by atoms with E-state index in [1.54, 1.807) is 25.4 Å². The van der Waals surface area contributed by atoms with E-state index in [4.69, 9.17) is 26.1 Å². The van der Waals surface area contributed by atoms with Gasteiger partial charge in [-0.25, -0.2) is 4.98 Å². The molecule has 0 saturated heterocycles. The van der Waals surface area contributed by atoms with Crippen LogP contribution in [-0.2, 0) is 6.42 Å². The summed E-state index contributed by atoms with van der Waals surface area (Å²) in [4.78, 5) is 17.5. The van der Waals surface area contributed by atoms with Crippen LogP contribution in [0.3, 0.4) is 0 Å². The molecule has 0 aliphatic heterocycles. The van der Waals surface area contributed by atoms with Gasteiger partial charge in [0.15, 0.2) is 11.5 Å². The number of fused-ring (bicyclic) bond motifs is 2. The van der Waals surface area contributed by atoms with Gasteiger partial charge >= 0.3 is 0 Å². The highest BCUT2D eigenvalue weighted by atomic mass is 35.5. The van der Waals surface area contributed by atoms with Crippen LogP contribution in [0.25, 0.3) is 17.3 Å². The number of hydrogen-bond acceptors (Lipinski definition) is 4. The van der Waals surface area contributed by atoms with Crippen LogP contribution in [0.1, 0.15) is 30.2 Å². The Labute approximate surface area is 161 Å². The number of ether oxygens (including phenoxy) is 2. The number of para-hydroxylation sites is 1. The largest absolute Gasteiger partial charge is 0.492 e. The summed E-state index contributed by atoms with van der Waals surface area (Å²) in [6.07, 6.45) is 5.06. The minimum atomic E-state index is -0.0593. The Morgan fingerprint density at radius 1 is 1.26 bits per heavy atom. The molecule has 0 spiro atoms. The topological polar surface area (TPSA) is 52.8 Å². The predicted octanol–water partition coefficient (Wildman–Crippen LogP) is 4.24. The molecule has 6 heteroatoms. The van der Waals surface area contributed by atoms with Gasteiger partial charge in [0.05, 0.1) is 24.4 Å². The van der Waals surface area contributed by atoms with Crippen molar-refractivity contribution in [2.24, 2.45) is 0 Å². The average molecular weight is 383 g/mol. The zero-order valence-corrected chi connectivity index (χ0v) is 15.9. The number of benzene rings is 1. The lowest BCUT2D eigenvalue weighted by molar-refractivity contribution is 0.310. The summed E-state index contributed by atoms with van der Waals surface area (Å²) in [7, 11) is 1.63. The summed E-state index contributed by atoms with van der Waals surface area (Å²) >= 11 is 6.03. The van der Waals surface area contributed by atoms with Crippen LogP contribution in [-0.4, -0.2) is 23.1 Å². The number of nitrogens with zero attached hydrogens (tertiary/aromatic N) is 2. The van der Waals surface area contributed by atoms with Gasteiger partial charge < -0.3 is 9.47 Å². The van der Waals surface area contributed by atoms with Crippen molar-refractivity contribution in [1.29, 1.82) is 0 Å². The first-order chi connectivity index (χ1) is 13.1. The zero-order chi connectivity index (χ0) is 19.0. The van der Waals surface area contributed by atoms with Crippen LogP contribution in [0.4, 0.5) is 0 Å². The van der Waals surface area contributed by atoms with E-state index in [9.17, 15) is 4.79 Å². The smallest absolute Gasteiger partial charge is 0.261 e. The number of rotatable bonds is 4. The molecule has 1 aliphatic rings. The highest BCUT2D eigenvalue weighted by molar-refractivity contribution is 6.30. The van der Waals surface area contributed by atoms with Crippen molar-refractivity contribution in [3.05, 3.63) is 68.7 Å². The molecular weight excluding hydrogens is 364 g/mol. The normalized spacial score (nSPS) is 14.6. The third-order valence-electron chi connectivity index (χ3n) is 4.67. The fraction of sp³-hybridized carbons (Fsp3) is 0.238. The Bertz CT molecular complexity index is 1120. The SMILES string of the molecule is CCOc1cccc(C=C2CCc3c2nc2ccc(Cl)cn2c3=O)c1OC. The van der Waals surface area contributed by atoms with E-state index in [1.807, 2.05) is 31.2 Å². The molecule has 2 heterocycles. The molecule has 0 N–H and O–H groups in total. The van der Waals surface area contributed by atoms with Gasteiger partial charge in [-0.15, -0.1) is 0 Å². The molecular formula is C21H19ClN2O3. The minimum Gasteiger partial charge on any atom is -0.492 e. The first-order valence-corrected chi connectivity index (χ1v) is 9.21. The maximum Gasteiger partial charge on any atom is 0.261 e. The van der Waals surface area contributed by atoms with Gasteiger partial charge in [0.1, 0.15) is 5.65 Å². The lowest BCUT2D eigenvalue weighted by Crippen LogP contribution is -2.19. The lowest BCUT2D eigenvalue weighted by atomic mass is 10.1. The van der Waals surface area contributed by atoms with Gasteiger partial charge in [0.25, 0.3) is 5.56 Å². The molecule has 4 rings (SSSR count). The van der Waals surface area contributed by atoms with Crippen LogP contribution in [0, 0.1) is 0 Å². The summed E-state index contributed by atoms with van der Waals surface area (Å²) in [5, 5.41) is 0.512. The fourth-order valence-electron chi connectivity index (χ4n) is 3.48. The van der Waals surface area contributed by atoms with E-state index < -0.39 is 0 Å². The molecule has 0 bridgehead atoms. The van der Waals surface area contributed by atoms with Crippen molar-refractivity contribution < 1.29 is 9.47 Å². The molecule has 1 aliphatic carbocycles. The Hall–Kier alpha value is -2.79. The molecule has 5 nitrogen and oxygen atoms in total. The monoisotopic (exact) mass is 382 g/mol. The van der Waals surface area contributed by atoms with Gasteiger partial charge in [-0.05, 0) is 49.6 Å². The van der Waals surface area contributed by atoms with Crippen LogP contribution >= 0.6 is 11.6 Å². The fourth-order valence-corrected chi connectivity index (χ4v) is 3.64. The Balaban J connectivity index is 1.86. The standard InChI is InChI=1S/C21H19ClN2O3/c1-3-27-17-6-4-5-14(20(17)26-2)11-13-7-9-16-19(13)23-18-10-8-15(22)12-24(18)21(16)25/h4-6,8,10-12H,3,7,9H2,1-2H3. The van der Waals surface area contributed by atoms with Gasteiger partial charge in [0, 0.05) is 17.3 Å². The van der Waals surface area contributed by atoms with E-state index in [0.717, 1.165) is 28.8 Å². The molecule has 0 unspecified atom stereocenters. The molecule has 3 aromatic rings. The molecule has 0 atom stereocenters. The Morgan fingerprint density at radius 3 is 2.89 bits per heavy atom. The first-order valence-electron chi connectivity index (χ1n) is 8.84. The third-order valence-corrected chi connectivity index (χ3v) is 4.90. The Kier molecular flexibility index (Phi) is 4.62. The third kappa shape index (κ3) is 3.08. The van der Waals surface area contributed by atoms with Crippen molar-refractivity contribution in [3.63, 3.8) is 0 Å². The number of allylic oxidation sites excluding steroid dienone is 1. The molecule has 0 saturated carbocycles. The van der Waals surface area contributed by atoms with E-state index >= 15 is 0 Å². The summed E-state index contributed by atoms with van der Waals surface area (Å²) < 4.78 is 12.7. The van der Waals surface area contributed by atoms with Gasteiger partial charge in [-0.3, -0.25) is 9.20 Å². The van der Waals surface area contributed by atoms with Crippen LogP contribution in [0.15, 0.2) is 41.3 Å². The van der Waals surface area contributed by atoms with E-state index in [-0.39, 0.29) is 5.56 Å². The summed E-state index contributed by atoms with van der Waals surface area (Å²) in [6.45, 7) is 2.50. The molecule has 0 radical (unpaired) electrons. The van der Waals surface area contributed by atoms with Crippen LogP contribution in [0.5, 0.6) is 11.5 Å². The maximum absolute atomic E-state index is 12.8. The van der Waals surface area contributed by atoms with Gasteiger partial charge in [0.2, 0.25) is 0 Å². The second kappa shape index (κ2) is 7.08. The second-order valence-electron chi connectivity index (χ2n) is 6.30. The van der Waals surface area contributed by atoms with Gasteiger partial charge in [-0.1, -0.05) is 23.7 Å². The Morgan fingerprint density at radius 2 is 2.11 bits per heavy atom. The predicted molar refractivity (Wildman–Crippen MR) is 107 cm³/mol. The minimum absolute atomic E-state index is 0.0593. The van der Waals surface area contributed by atoms with E-state index in [2.05, 4.69) is 0 Å². The molecule has 2 aromatic heterocycles.